The summed E-state index contributed by atoms with van der Waals surface area (Å²) in [5.41, 5.74) is 3.90. The van der Waals surface area contributed by atoms with Crippen molar-refractivity contribution in [3.05, 3.63) is 138 Å². The third-order valence-corrected chi connectivity index (χ3v) is 10.6. The molecule has 2 unspecified atom stereocenters. The van der Waals surface area contributed by atoms with Crippen LogP contribution in [0.2, 0.25) is 0 Å². The van der Waals surface area contributed by atoms with Gasteiger partial charge in [0.15, 0.2) is 12.6 Å². The molecular formula is C37H39NO8S. The van der Waals surface area contributed by atoms with E-state index in [4.69, 9.17) is 28.4 Å². The second kappa shape index (κ2) is 14.3. The lowest BCUT2D eigenvalue weighted by atomic mass is 9.97. The maximum atomic E-state index is 13.3. The summed E-state index contributed by atoms with van der Waals surface area (Å²) in [7, 11) is -3.63. The Bertz CT molecular complexity index is 1690. The summed E-state index contributed by atoms with van der Waals surface area (Å²) in [5, 5.41) is 0. The Kier molecular flexibility index (Phi) is 9.80. The molecule has 3 aliphatic rings. The first-order valence-corrected chi connectivity index (χ1v) is 17.4. The van der Waals surface area contributed by atoms with Gasteiger partial charge in [-0.3, -0.25) is 0 Å². The van der Waals surface area contributed by atoms with Crippen LogP contribution in [-0.4, -0.2) is 69.2 Å². The van der Waals surface area contributed by atoms with Gasteiger partial charge in [0.05, 0.1) is 37.4 Å². The van der Waals surface area contributed by atoms with Crippen molar-refractivity contribution in [2.45, 2.75) is 68.1 Å². The Labute approximate surface area is 276 Å². The standard InChI is InChI=1S/C37H39NO8S/c1-26-17-19-31(20-18-26)47(39,40)38-21-30(38)24-43-37-35(42-23-28-13-7-3-8-14-28)34(41-22-27-11-5-2-6-12-27)33-32(45-37)25-44-36(46-33)29-15-9-4-10-16-29/h2-20,30,32-37H,21-25H2,1H3/t30?,32-,33+,34+,35-,36+,37-,38?/m1/s1. The van der Waals surface area contributed by atoms with Crippen LogP contribution in [0.1, 0.15) is 28.5 Å². The molecular weight excluding hydrogens is 618 g/mol. The molecule has 7 rings (SSSR count). The fourth-order valence-corrected chi connectivity index (χ4v) is 7.57. The van der Waals surface area contributed by atoms with Crippen molar-refractivity contribution in [3.63, 3.8) is 0 Å². The van der Waals surface area contributed by atoms with Crippen LogP contribution >= 0.6 is 0 Å². The third kappa shape index (κ3) is 7.51. The minimum absolute atomic E-state index is 0.137. The average Bonchev–Trinajstić information content (AvgIpc) is 3.91. The highest BCUT2D eigenvalue weighted by molar-refractivity contribution is 7.89. The lowest BCUT2D eigenvalue weighted by molar-refractivity contribution is -0.372. The van der Waals surface area contributed by atoms with Crippen LogP contribution in [0.4, 0.5) is 0 Å². The molecule has 3 aliphatic heterocycles. The van der Waals surface area contributed by atoms with Crippen LogP contribution in [0, 0.1) is 6.92 Å². The molecule has 9 nitrogen and oxygen atoms in total. The summed E-state index contributed by atoms with van der Waals surface area (Å²) in [5.74, 6) is 0. The SMILES string of the molecule is Cc1ccc(S(=O)(=O)N2CC2CO[C@@H]2O[C@@H]3CO[C@H](c4ccccc4)O[C@@H]3[C@H](OCc3ccccc3)[C@H]2OCc2ccccc2)cc1. The second-order valence-corrected chi connectivity index (χ2v) is 14.0. The molecule has 10 heteroatoms. The third-order valence-electron chi connectivity index (χ3n) is 8.67. The van der Waals surface area contributed by atoms with Crippen molar-refractivity contribution >= 4 is 10.0 Å². The van der Waals surface area contributed by atoms with Gasteiger partial charge in [0.1, 0.15) is 24.4 Å². The highest BCUT2D eigenvalue weighted by Gasteiger charge is 2.53. The van der Waals surface area contributed by atoms with Gasteiger partial charge in [0.2, 0.25) is 10.0 Å². The molecule has 8 atom stereocenters. The van der Waals surface area contributed by atoms with E-state index >= 15 is 0 Å². The Hall–Kier alpha value is -3.45. The number of ether oxygens (including phenoxy) is 6. The minimum Gasteiger partial charge on any atom is -0.368 e. The quantitative estimate of drug-likeness (QED) is 0.187. The molecule has 0 saturated carbocycles. The summed E-state index contributed by atoms with van der Waals surface area (Å²) >= 11 is 0. The van der Waals surface area contributed by atoms with Crippen molar-refractivity contribution in [2.75, 3.05) is 19.8 Å². The van der Waals surface area contributed by atoms with E-state index in [0.29, 0.717) is 19.8 Å². The maximum absolute atomic E-state index is 13.3. The molecule has 0 bridgehead atoms. The van der Waals surface area contributed by atoms with E-state index in [9.17, 15) is 8.42 Å². The molecule has 246 valence electrons. The molecule has 4 aromatic carbocycles. The van der Waals surface area contributed by atoms with E-state index in [1.54, 1.807) is 24.3 Å². The first kappa shape index (κ1) is 32.1. The molecule has 0 spiro atoms. The van der Waals surface area contributed by atoms with Crippen molar-refractivity contribution in [1.82, 2.24) is 4.31 Å². The average molecular weight is 658 g/mol. The van der Waals surface area contributed by atoms with Crippen LogP contribution in [0.25, 0.3) is 0 Å². The molecule has 0 amide bonds. The van der Waals surface area contributed by atoms with Crippen molar-refractivity contribution in [2.24, 2.45) is 0 Å². The van der Waals surface area contributed by atoms with Crippen LogP contribution < -0.4 is 0 Å². The van der Waals surface area contributed by atoms with E-state index < -0.39 is 47.0 Å². The summed E-state index contributed by atoms with van der Waals surface area (Å²) in [6.07, 6.45) is -3.73. The molecule has 4 aromatic rings. The Morgan fingerprint density at radius 3 is 1.96 bits per heavy atom. The highest BCUT2D eigenvalue weighted by Crippen LogP contribution is 2.38. The zero-order valence-corrected chi connectivity index (χ0v) is 27.0. The number of sulfonamides is 1. The van der Waals surface area contributed by atoms with Crippen LogP contribution in [-0.2, 0) is 51.7 Å². The van der Waals surface area contributed by atoms with Gasteiger partial charge in [0.25, 0.3) is 0 Å². The van der Waals surface area contributed by atoms with E-state index in [1.165, 1.54) is 4.31 Å². The summed E-state index contributed by atoms with van der Waals surface area (Å²) < 4.78 is 66.8. The Morgan fingerprint density at radius 2 is 1.32 bits per heavy atom. The predicted octanol–water partition coefficient (Wildman–Crippen LogP) is 5.39. The Morgan fingerprint density at radius 1 is 0.723 bits per heavy atom. The molecule has 0 radical (unpaired) electrons. The smallest absolute Gasteiger partial charge is 0.243 e. The van der Waals surface area contributed by atoms with Crippen LogP contribution in [0.5, 0.6) is 0 Å². The largest absolute Gasteiger partial charge is 0.368 e. The van der Waals surface area contributed by atoms with E-state index in [1.807, 2.05) is 97.9 Å². The fraction of sp³-hybridized carbons (Fsp3) is 0.351. The van der Waals surface area contributed by atoms with Gasteiger partial charge in [-0.05, 0) is 30.2 Å². The van der Waals surface area contributed by atoms with Gasteiger partial charge >= 0.3 is 0 Å². The zero-order chi connectivity index (χ0) is 32.2. The molecule has 0 N–H and O–H groups in total. The van der Waals surface area contributed by atoms with Gasteiger partial charge in [-0.1, -0.05) is 109 Å². The molecule has 3 saturated heterocycles. The van der Waals surface area contributed by atoms with Crippen LogP contribution in [0.3, 0.4) is 0 Å². The lowest BCUT2D eigenvalue weighted by Gasteiger charge is -2.49. The normalized spacial score (nSPS) is 28.8. The monoisotopic (exact) mass is 657 g/mol. The minimum atomic E-state index is -3.63. The van der Waals surface area contributed by atoms with E-state index in [-0.39, 0.29) is 24.2 Å². The molecule has 3 heterocycles. The number of rotatable bonds is 12. The zero-order valence-electron chi connectivity index (χ0n) is 26.2. The van der Waals surface area contributed by atoms with Gasteiger partial charge in [-0.25, -0.2) is 8.42 Å². The topological polar surface area (TPSA) is 92.5 Å². The van der Waals surface area contributed by atoms with Crippen LogP contribution in [0.15, 0.2) is 120 Å². The number of benzene rings is 4. The first-order valence-electron chi connectivity index (χ1n) is 15.9. The van der Waals surface area contributed by atoms with E-state index in [0.717, 1.165) is 22.3 Å². The molecule has 0 aromatic heterocycles. The van der Waals surface area contributed by atoms with Crippen molar-refractivity contribution < 1.29 is 36.8 Å². The number of fused-ring (bicyclic) bond motifs is 1. The summed E-state index contributed by atoms with van der Waals surface area (Å²) in [6, 6.07) is 36.2. The lowest BCUT2D eigenvalue weighted by Crippen LogP contribution is -2.63. The van der Waals surface area contributed by atoms with Gasteiger partial charge < -0.3 is 28.4 Å². The van der Waals surface area contributed by atoms with Crippen molar-refractivity contribution in [3.8, 4) is 0 Å². The van der Waals surface area contributed by atoms with Gasteiger partial charge in [0, 0.05) is 12.1 Å². The van der Waals surface area contributed by atoms with Crippen molar-refractivity contribution in [1.29, 1.82) is 0 Å². The molecule has 47 heavy (non-hydrogen) atoms. The number of nitrogens with zero attached hydrogens (tertiary/aromatic N) is 1. The fourth-order valence-electron chi connectivity index (χ4n) is 6.00. The summed E-state index contributed by atoms with van der Waals surface area (Å²) in [4.78, 5) is 0.269. The Balaban J connectivity index is 1.12. The number of hydrogen-bond donors (Lipinski definition) is 0. The van der Waals surface area contributed by atoms with Gasteiger partial charge in [-0.15, -0.1) is 0 Å². The number of hydrogen-bond acceptors (Lipinski definition) is 8. The molecule has 3 fully saturated rings. The predicted molar refractivity (Wildman–Crippen MR) is 174 cm³/mol. The van der Waals surface area contributed by atoms with E-state index in [2.05, 4.69) is 0 Å². The van der Waals surface area contributed by atoms with Gasteiger partial charge in [-0.2, -0.15) is 4.31 Å². The number of aryl methyl sites for hydroxylation is 1. The first-order chi connectivity index (χ1) is 23.0. The summed E-state index contributed by atoms with van der Waals surface area (Å²) in [6.45, 7) is 3.32. The second-order valence-electron chi connectivity index (χ2n) is 12.1. The molecule has 0 aliphatic carbocycles. The maximum Gasteiger partial charge on any atom is 0.243 e. The highest BCUT2D eigenvalue weighted by atomic mass is 32.2.